The normalized spacial score (nSPS) is 10.8. The highest BCUT2D eigenvalue weighted by molar-refractivity contribution is 7.17. The van der Waals surface area contributed by atoms with Gasteiger partial charge in [-0.1, -0.05) is 6.07 Å². The van der Waals surface area contributed by atoms with Gasteiger partial charge in [0.25, 0.3) is 0 Å². The van der Waals surface area contributed by atoms with Gasteiger partial charge in [-0.25, -0.2) is 19.7 Å². The van der Waals surface area contributed by atoms with Gasteiger partial charge in [-0.2, -0.15) is 0 Å². The summed E-state index contributed by atoms with van der Waals surface area (Å²) in [6.07, 6.45) is 4.68. The molecule has 0 aliphatic carbocycles. The summed E-state index contributed by atoms with van der Waals surface area (Å²) in [5.74, 6) is 0.413. The third kappa shape index (κ3) is 6.96. The van der Waals surface area contributed by atoms with Gasteiger partial charge in [0.15, 0.2) is 0 Å². The number of ether oxygens (including phenoxy) is 4. The highest BCUT2D eigenvalue weighted by Gasteiger charge is 2.24. The lowest BCUT2D eigenvalue weighted by atomic mass is 10.1. The molecule has 0 bridgehead atoms. The van der Waals surface area contributed by atoms with Crippen LogP contribution in [0.4, 0.5) is 0 Å². The zero-order valence-electron chi connectivity index (χ0n) is 20.1. The summed E-state index contributed by atoms with van der Waals surface area (Å²) < 4.78 is 21.2. The fourth-order valence-corrected chi connectivity index (χ4v) is 4.28. The van der Waals surface area contributed by atoms with E-state index >= 15 is 0 Å². The van der Waals surface area contributed by atoms with Crippen LogP contribution in [0.5, 0.6) is 11.5 Å². The molecule has 11 heteroatoms. The lowest BCUT2D eigenvalue weighted by Gasteiger charge is -2.22. The lowest BCUT2D eigenvalue weighted by molar-refractivity contribution is -0.144. The van der Waals surface area contributed by atoms with Crippen LogP contribution in [0.2, 0.25) is 0 Å². The number of hydrogen-bond donors (Lipinski definition) is 0. The first-order valence-corrected chi connectivity index (χ1v) is 11.8. The van der Waals surface area contributed by atoms with E-state index < -0.39 is 5.97 Å². The van der Waals surface area contributed by atoms with Crippen LogP contribution in [0.25, 0.3) is 10.6 Å². The number of methoxy groups -OCH3 is 2. The molecule has 10 nitrogen and oxygen atoms in total. The van der Waals surface area contributed by atoms with Gasteiger partial charge in [-0.05, 0) is 19.9 Å². The Balaban J connectivity index is 1.96. The zero-order valence-corrected chi connectivity index (χ0v) is 21.0. The summed E-state index contributed by atoms with van der Waals surface area (Å²) in [7, 11) is 3.15. The van der Waals surface area contributed by atoms with Crippen LogP contribution in [-0.2, 0) is 27.4 Å². The molecular weight excluding hydrogens is 472 g/mol. The third-order valence-electron chi connectivity index (χ3n) is 4.89. The number of nitrogens with zero attached hydrogens (tertiary/aromatic N) is 4. The molecule has 186 valence electrons. The molecule has 0 fully saturated rings. The van der Waals surface area contributed by atoms with Crippen LogP contribution < -0.4 is 9.47 Å². The Hall–Kier alpha value is -3.57. The van der Waals surface area contributed by atoms with Crippen LogP contribution in [0.1, 0.15) is 34.8 Å². The summed E-state index contributed by atoms with van der Waals surface area (Å²) in [6.45, 7) is 4.53. The number of rotatable bonds is 12. The first-order chi connectivity index (χ1) is 17.0. The lowest BCUT2D eigenvalue weighted by Crippen LogP contribution is -2.31. The van der Waals surface area contributed by atoms with Crippen LogP contribution in [-0.4, -0.2) is 65.8 Å². The van der Waals surface area contributed by atoms with Crippen molar-refractivity contribution in [2.24, 2.45) is 0 Å². The van der Waals surface area contributed by atoms with Crippen LogP contribution >= 0.6 is 11.3 Å². The van der Waals surface area contributed by atoms with Crippen LogP contribution in [0, 0.1) is 0 Å². The van der Waals surface area contributed by atoms with E-state index in [4.69, 9.17) is 18.9 Å². The fourth-order valence-electron chi connectivity index (χ4n) is 3.34. The first-order valence-electron chi connectivity index (χ1n) is 11.0. The SMILES string of the molecule is CCOC(=O)CN(Cc1ccc(OC)cc1OC)Cc1nc(-c2cncnc2)sc1C(=O)OCC. The molecule has 3 aromatic rings. The van der Waals surface area contributed by atoms with E-state index in [1.54, 1.807) is 46.5 Å². The predicted molar refractivity (Wildman–Crippen MR) is 129 cm³/mol. The second kappa shape index (κ2) is 12.8. The van der Waals surface area contributed by atoms with Crippen molar-refractivity contribution in [3.8, 4) is 22.1 Å². The number of aromatic nitrogens is 3. The molecule has 35 heavy (non-hydrogen) atoms. The molecule has 0 aliphatic heterocycles. The third-order valence-corrected chi connectivity index (χ3v) is 6.01. The van der Waals surface area contributed by atoms with Crippen molar-refractivity contribution in [3.63, 3.8) is 0 Å². The number of esters is 2. The van der Waals surface area contributed by atoms with Gasteiger partial charge in [0, 0.05) is 42.7 Å². The van der Waals surface area contributed by atoms with Gasteiger partial charge in [0.2, 0.25) is 0 Å². The minimum atomic E-state index is -0.471. The monoisotopic (exact) mass is 500 g/mol. The number of carbonyl (C=O) groups excluding carboxylic acids is 2. The highest BCUT2D eigenvalue weighted by Crippen LogP contribution is 2.30. The van der Waals surface area contributed by atoms with Gasteiger partial charge in [0.1, 0.15) is 27.7 Å². The molecule has 0 aliphatic rings. The molecule has 0 spiro atoms. The average molecular weight is 501 g/mol. The van der Waals surface area contributed by atoms with Gasteiger partial charge >= 0.3 is 11.9 Å². The summed E-state index contributed by atoms with van der Waals surface area (Å²) >= 11 is 1.20. The van der Waals surface area contributed by atoms with Crippen LogP contribution in [0.3, 0.4) is 0 Å². The van der Waals surface area contributed by atoms with E-state index in [0.29, 0.717) is 39.2 Å². The summed E-state index contributed by atoms with van der Waals surface area (Å²) in [5, 5.41) is 0.585. The van der Waals surface area contributed by atoms with Crippen molar-refractivity contribution in [3.05, 3.63) is 53.1 Å². The maximum Gasteiger partial charge on any atom is 0.350 e. The highest BCUT2D eigenvalue weighted by atomic mass is 32.1. The summed E-state index contributed by atoms with van der Waals surface area (Å²) in [5.41, 5.74) is 2.01. The summed E-state index contributed by atoms with van der Waals surface area (Å²) in [4.78, 5) is 40.1. The molecule has 0 saturated heterocycles. The van der Waals surface area contributed by atoms with Crippen molar-refractivity contribution in [1.29, 1.82) is 0 Å². The Morgan fingerprint density at radius 2 is 1.74 bits per heavy atom. The van der Waals surface area contributed by atoms with Crippen molar-refractivity contribution >= 4 is 23.3 Å². The molecule has 2 heterocycles. The molecule has 0 atom stereocenters. The van der Waals surface area contributed by atoms with E-state index in [1.165, 1.54) is 17.7 Å². The fraction of sp³-hybridized carbons (Fsp3) is 0.375. The molecular formula is C24H28N4O6S. The molecule has 2 aromatic heterocycles. The van der Waals surface area contributed by atoms with Crippen molar-refractivity contribution < 1.29 is 28.5 Å². The number of benzene rings is 1. The predicted octanol–water partition coefficient (Wildman–Crippen LogP) is 3.36. The molecule has 3 rings (SSSR count). The second-order valence-corrected chi connectivity index (χ2v) is 8.27. The smallest absolute Gasteiger partial charge is 0.350 e. The number of thiazole rings is 1. The zero-order chi connectivity index (χ0) is 25.2. The van der Waals surface area contributed by atoms with E-state index in [9.17, 15) is 9.59 Å². The topological polar surface area (TPSA) is 113 Å². The number of hydrogen-bond acceptors (Lipinski definition) is 11. The van der Waals surface area contributed by atoms with E-state index in [-0.39, 0.29) is 32.3 Å². The Bertz CT molecular complexity index is 1140. The molecule has 0 N–H and O–H groups in total. The molecule has 0 radical (unpaired) electrons. The van der Waals surface area contributed by atoms with Gasteiger partial charge in [0.05, 0.1) is 39.7 Å². The minimum absolute atomic E-state index is 0.00734. The molecule has 1 aromatic carbocycles. The largest absolute Gasteiger partial charge is 0.497 e. The molecule has 0 unspecified atom stereocenters. The average Bonchev–Trinajstić information content (AvgIpc) is 3.29. The maximum absolute atomic E-state index is 12.7. The maximum atomic E-state index is 12.7. The Labute approximate surface area is 207 Å². The van der Waals surface area contributed by atoms with E-state index in [0.717, 1.165) is 5.56 Å². The van der Waals surface area contributed by atoms with Crippen molar-refractivity contribution in [1.82, 2.24) is 19.9 Å². The molecule has 0 saturated carbocycles. The molecule has 0 amide bonds. The van der Waals surface area contributed by atoms with E-state index in [2.05, 4.69) is 15.0 Å². The second-order valence-electron chi connectivity index (χ2n) is 7.27. The standard InChI is InChI=1S/C24H28N4O6S/c1-5-33-21(29)14-28(12-16-7-8-18(31-3)9-20(16)32-4)13-19-22(24(30)34-6-2)35-23(27-19)17-10-25-15-26-11-17/h7-11,15H,5-6,12-14H2,1-4H3. The Morgan fingerprint density at radius 3 is 2.40 bits per heavy atom. The quantitative estimate of drug-likeness (QED) is 0.343. The minimum Gasteiger partial charge on any atom is -0.497 e. The number of carbonyl (C=O) groups is 2. The van der Waals surface area contributed by atoms with Gasteiger partial charge in [-0.15, -0.1) is 11.3 Å². The summed E-state index contributed by atoms with van der Waals surface area (Å²) in [6, 6.07) is 5.47. The Morgan fingerprint density at radius 1 is 1.00 bits per heavy atom. The van der Waals surface area contributed by atoms with Crippen LogP contribution in [0.15, 0.2) is 36.9 Å². The first kappa shape index (κ1) is 26.0. The Kier molecular flexibility index (Phi) is 9.50. The van der Waals surface area contributed by atoms with Gasteiger partial charge in [-0.3, -0.25) is 9.69 Å². The van der Waals surface area contributed by atoms with Crippen molar-refractivity contribution in [2.75, 3.05) is 34.0 Å². The van der Waals surface area contributed by atoms with Crippen molar-refractivity contribution in [2.45, 2.75) is 26.9 Å². The van der Waals surface area contributed by atoms with E-state index in [1.807, 2.05) is 17.0 Å². The van der Waals surface area contributed by atoms with Gasteiger partial charge < -0.3 is 18.9 Å².